The van der Waals surface area contributed by atoms with Crippen LogP contribution in [0.5, 0.6) is 0 Å². The largest absolute Gasteiger partial charge is 0.445 e. The molecule has 1 amide bonds. The molecular formula is C20H17BrN4O3. The number of anilines is 1. The summed E-state index contributed by atoms with van der Waals surface area (Å²) in [5, 5.41) is 6.93. The van der Waals surface area contributed by atoms with Gasteiger partial charge in [-0.15, -0.1) is 5.10 Å². The van der Waals surface area contributed by atoms with Crippen LogP contribution in [0, 0.1) is 0 Å². The third-order valence-electron chi connectivity index (χ3n) is 4.58. The molecule has 0 saturated carbocycles. The van der Waals surface area contributed by atoms with Crippen molar-refractivity contribution in [1.29, 1.82) is 0 Å². The molecule has 7 nitrogen and oxygen atoms in total. The summed E-state index contributed by atoms with van der Waals surface area (Å²) < 4.78 is 8.06. The molecule has 0 bridgehead atoms. The smallest absolute Gasteiger partial charge is 0.339 e. The Kier molecular flexibility index (Phi) is 4.72. The van der Waals surface area contributed by atoms with Crippen LogP contribution in [0.4, 0.5) is 5.95 Å². The second-order valence-electron chi connectivity index (χ2n) is 6.80. The Labute approximate surface area is 169 Å². The number of carbonyl (C=O) groups is 2. The van der Waals surface area contributed by atoms with E-state index in [0.717, 1.165) is 15.6 Å². The highest BCUT2D eigenvalue weighted by molar-refractivity contribution is 9.10. The number of benzene rings is 2. The van der Waals surface area contributed by atoms with Crippen molar-refractivity contribution in [2.45, 2.75) is 25.5 Å². The zero-order valence-electron chi connectivity index (χ0n) is 15.1. The Hall–Kier alpha value is -3.00. The van der Waals surface area contributed by atoms with Gasteiger partial charge in [0.15, 0.2) is 5.60 Å². The minimum absolute atomic E-state index is 0.165. The minimum Gasteiger partial charge on any atom is -0.445 e. The number of cyclic esters (lactones) is 1. The average Bonchev–Trinajstić information content (AvgIpc) is 3.10. The molecule has 1 unspecified atom stereocenters. The minimum atomic E-state index is -1.32. The monoisotopic (exact) mass is 440 g/mol. The number of rotatable bonds is 4. The van der Waals surface area contributed by atoms with Gasteiger partial charge >= 0.3 is 5.97 Å². The van der Waals surface area contributed by atoms with Crippen LogP contribution in [-0.2, 0) is 22.5 Å². The maximum Gasteiger partial charge on any atom is 0.339 e. The number of carbonyl (C=O) groups excluding carboxylic acids is 2. The van der Waals surface area contributed by atoms with Gasteiger partial charge in [0.25, 0.3) is 5.91 Å². The molecule has 1 aliphatic rings. The lowest BCUT2D eigenvalue weighted by Gasteiger charge is -2.32. The van der Waals surface area contributed by atoms with E-state index >= 15 is 0 Å². The summed E-state index contributed by atoms with van der Waals surface area (Å²) in [4.78, 5) is 29.1. The van der Waals surface area contributed by atoms with Crippen LogP contribution in [0.1, 0.15) is 28.4 Å². The van der Waals surface area contributed by atoms with Gasteiger partial charge in [-0.05, 0) is 36.2 Å². The normalized spacial score (nSPS) is 18.3. The third kappa shape index (κ3) is 3.68. The number of amides is 1. The lowest BCUT2D eigenvalue weighted by Crippen LogP contribution is -2.49. The van der Waals surface area contributed by atoms with E-state index in [0.29, 0.717) is 18.5 Å². The predicted octanol–water partition coefficient (Wildman–Crippen LogP) is 3.20. The maximum atomic E-state index is 12.8. The SMILES string of the molecule is CC1(C(=O)Nc2ncn(Cc3ccc(Br)cc3)n2)Cc2ccccc2C(=O)O1. The highest BCUT2D eigenvalue weighted by atomic mass is 79.9. The summed E-state index contributed by atoms with van der Waals surface area (Å²) in [5.74, 6) is -0.803. The molecule has 1 N–H and O–H groups in total. The maximum absolute atomic E-state index is 12.8. The third-order valence-corrected chi connectivity index (χ3v) is 5.11. The molecule has 1 atom stereocenters. The number of ether oxygens (including phenoxy) is 1. The van der Waals surface area contributed by atoms with E-state index < -0.39 is 17.5 Å². The van der Waals surface area contributed by atoms with Gasteiger partial charge in [0, 0.05) is 10.9 Å². The Morgan fingerprint density at radius 2 is 2.00 bits per heavy atom. The van der Waals surface area contributed by atoms with Crippen molar-refractivity contribution >= 4 is 33.8 Å². The van der Waals surface area contributed by atoms with E-state index in [4.69, 9.17) is 4.74 Å². The number of nitrogens with zero attached hydrogens (tertiary/aromatic N) is 3. The molecular weight excluding hydrogens is 424 g/mol. The highest BCUT2D eigenvalue weighted by Gasteiger charge is 2.43. The zero-order chi connectivity index (χ0) is 19.7. The number of esters is 1. The lowest BCUT2D eigenvalue weighted by atomic mass is 9.89. The van der Waals surface area contributed by atoms with Crippen molar-refractivity contribution in [2.75, 3.05) is 5.32 Å². The number of halogens is 1. The summed E-state index contributed by atoms with van der Waals surface area (Å²) >= 11 is 3.40. The van der Waals surface area contributed by atoms with Gasteiger partial charge in [-0.25, -0.2) is 14.5 Å². The lowest BCUT2D eigenvalue weighted by molar-refractivity contribution is -0.134. The van der Waals surface area contributed by atoms with Crippen LogP contribution in [0.2, 0.25) is 0 Å². The highest BCUT2D eigenvalue weighted by Crippen LogP contribution is 2.29. The first-order valence-electron chi connectivity index (χ1n) is 8.69. The second-order valence-corrected chi connectivity index (χ2v) is 7.72. The molecule has 4 rings (SSSR count). The summed E-state index contributed by atoms with van der Waals surface area (Å²) in [7, 11) is 0. The standard InChI is InChI=1S/C20H17BrN4O3/c1-20(10-14-4-2-3-5-16(14)17(26)28-20)18(27)23-19-22-12-25(24-19)11-13-6-8-15(21)9-7-13/h2-9,12H,10-11H2,1H3,(H,23,24,27). The first kappa shape index (κ1) is 18.4. The van der Waals surface area contributed by atoms with Crippen molar-refractivity contribution in [3.05, 3.63) is 76.0 Å². The van der Waals surface area contributed by atoms with Gasteiger partial charge in [0.05, 0.1) is 12.1 Å². The molecule has 1 aliphatic heterocycles. The van der Waals surface area contributed by atoms with Crippen molar-refractivity contribution in [2.24, 2.45) is 0 Å². The van der Waals surface area contributed by atoms with Gasteiger partial charge < -0.3 is 4.74 Å². The molecule has 0 radical (unpaired) electrons. The van der Waals surface area contributed by atoms with Gasteiger partial charge in [-0.1, -0.05) is 46.3 Å². The van der Waals surface area contributed by atoms with Crippen molar-refractivity contribution in [1.82, 2.24) is 14.8 Å². The molecule has 0 fully saturated rings. The average molecular weight is 441 g/mol. The van der Waals surface area contributed by atoms with Crippen LogP contribution in [0.3, 0.4) is 0 Å². The fraction of sp³-hybridized carbons (Fsp3) is 0.200. The number of aromatic nitrogens is 3. The number of nitrogens with one attached hydrogen (secondary N) is 1. The van der Waals surface area contributed by atoms with Gasteiger partial charge in [-0.3, -0.25) is 10.1 Å². The molecule has 0 saturated heterocycles. The topological polar surface area (TPSA) is 86.1 Å². The Balaban J connectivity index is 1.46. The van der Waals surface area contributed by atoms with Crippen LogP contribution < -0.4 is 5.32 Å². The number of hydrogen-bond donors (Lipinski definition) is 1. The van der Waals surface area contributed by atoms with Crippen molar-refractivity contribution in [3.8, 4) is 0 Å². The fourth-order valence-corrected chi connectivity index (χ4v) is 3.36. The van der Waals surface area contributed by atoms with Crippen LogP contribution in [0.25, 0.3) is 0 Å². The van der Waals surface area contributed by atoms with E-state index in [1.54, 1.807) is 30.1 Å². The molecule has 0 spiro atoms. The van der Waals surface area contributed by atoms with E-state index in [2.05, 4.69) is 31.3 Å². The van der Waals surface area contributed by atoms with Crippen LogP contribution in [-0.4, -0.2) is 32.2 Å². The molecule has 3 aromatic rings. The summed E-state index contributed by atoms with van der Waals surface area (Å²) in [6.45, 7) is 2.12. The van der Waals surface area contributed by atoms with Crippen molar-refractivity contribution < 1.29 is 14.3 Å². The summed E-state index contributed by atoms with van der Waals surface area (Å²) in [6.07, 6.45) is 1.84. The quantitative estimate of drug-likeness (QED) is 0.629. The molecule has 8 heteroatoms. The Morgan fingerprint density at radius 3 is 2.79 bits per heavy atom. The zero-order valence-corrected chi connectivity index (χ0v) is 16.6. The van der Waals surface area contributed by atoms with E-state index in [1.807, 2.05) is 36.4 Å². The first-order valence-corrected chi connectivity index (χ1v) is 9.49. The fourth-order valence-electron chi connectivity index (χ4n) is 3.10. The number of hydrogen-bond acceptors (Lipinski definition) is 5. The molecule has 1 aromatic heterocycles. The van der Waals surface area contributed by atoms with Crippen molar-refractivity contribution in [3.63, 3.8) is 0 Å². The van der Waals surface area contributed by atoms with E-state index in [1.165, 1.54) is 0 Å². The molecule has 0 aliphatic carbocycles. The van der Waals surface area contributed by atoms with E-state index in [-0.39, 0.29) is 5.95 Å². The first-order chi connectivity index (χ1) is 13.4. The Bertz CT molecular complexity index is 1050. The summed E-state index contributed by atoms with van der Waals surface area (Å²) in [5.41, 5.74) is 1.01. The van der Waals surface area contributed by atoms with Crippen LogP contribution in [0.15, 0.2) is 59.3 Å². The molecule has 2 heterocycles. The second kappa shape index (κ2) is 7.20. The molecule has 142 valence electrons. The summed E-state index contributed by atoms with van der Waals surface area (Å²) in [6, 6.07) is 15.0. The predicted molar refractivity (Wildman–Crippen MR) is 106 cm³/mol. The van der Waals surface area contributed by atoms with Gasteiger partial charge in [0.1, 0.15) is 6.33 Å². The number of fused-ring (bicyclic) bond motifs is 1. The molecule has 28 heavy (non-hydrogen) atoms. The van der Waals surface area contributed by atoms with Gasteiger partial charge in [0.2, 0.25) is 5.95 Å². The van der Waals surface area contributed by atoms with Crippen LogP contribution >= 0.6 is 15.9 Å². The molecule has 2 aromatic carbocycles. The van der Waals surface area contributed by atoms with Gasteiger partial charge in [-0.2, -0.15) is 0 Å². The Morgan fingerprint density at radius 1 is 1.25 bits per heavy atom. The van der Waals surface area contributed by atoms with E-state index in [9.17, 15) is 9.59 Å².